The molecule has 0 saturated carbocycles. The molecule has 10 nitrogen and oxygen atoms in total. The van der Waals surface area contributed by atoms with Crippen LogP contribution in [0.15, 0.2) is 36.7 Å². The molecule has 0 aliphatic carbocycles. The van der Waals surface area contributed by atoms with Gasteiger partial charge in [-0.25, -0.2) is 0 Å². The largest absolute Gasteiger partial charge is 0.497 e. The molecular weight excluding hydrogens is 362 g/mol. The molecule has 1 aromatic carbocycles. The maximum Gasteiger partial charge on any atom is 0.271 e. The van der Waals surface area contributed by atoms with Gasteiger partial charge < -0.3 is 14.4 Å². The second kappa shape index (κ2) is 8.07. The molecule has 1 aliphatic rings. The second-order valence-corrected chi connectivity index (χ2v) is 6.64. The zero-order chi connectivity index (χ0) is 19.3. The number of aromatic nitrogens is 6. The number of carbonyl (C=O) groups is 1. The lowest BCUT2D eigenvalue weighted by Gasteiger charge is -2.32. The number of hydrogen-bond donors (Lipinski definition) is 1. The standard InChI is InChI=1S/C18H21N7O3/c1-27-14-5-2-6-15(8-14)28-11-13-4-3-7-24(10-13)18(26)16-9-17(21-20-16)25-12-19-22-23-25/h2,5-6,8-9,12-13H,3-4,7,10-11H2,1H3,(H,20,21). The van der Waals surface area contributed by atoms with Crippen LogP contribution in [0.1, 0.15) is 23.3 Å². The highest BCUT2D eigenvalue weighted by molar-refractivity contribution is 5.92. The van der Waals surface area contributed by atoms with Crippen molar-refractivity contribution in [1.29, 1.82) is 0 Å². The van der Waals surface area contributed by atoms with Crippen LogP contribution in [0.5, 0.6) is 11.5 Å². The SMILES string of the molecule is COc1cccc(OCC2CCCN(C(=O)c3cc(-n4cnnn4)n[nH]3)C2)c1. The summed E-state index contributed by atoms with van der Waals surface area (Å²) in [5, 5.41) is 17.8. The molecule has 2 aromatic heterocycles. The topological polar surface area (TPSA) is 111 Å². The van der Waals surface area contributed by atoms with E-state index in [0.29, 0.717) is 31.2 Å². The Kier molecular flexibility index (Phi) is 5.18. The van der Waals surface area contributed by atoms with Gasteiger partial charge >= 0.3 is 0 Å². The molecule has 0 radical (unpaired) electrons. The predicted octanol–water partition coefficient (Wildman–Crippen LogP) is 1.33. The molecule has 1 aliphatic heterocycles. The van der Waals surface area contributed by atoms with Crippen molar-refractivity contribution in [3.8, 4) is 17.3 Å². The molecule has 3 heterocycles. The first-order valence-electron chi connectivity index (χ1n) is 9.08. The molecule has 1 unspecified atom stereocenters. The number of hydrogen-bond acceptors (Lipinski definition) is 7. The van der Waals surface area contributed by atoms with Crippen LogP contribution in [0, 0.1) is 5.92 Å². The minimum absolute atomic E-state index is 0.0853. The zero-order valence-electron chi connectivity index (χ0n) is 15.5. The van der Waals surface area contributed by atoms with Crippen LogP contribution < -0.4 is 9.47 Å². The summed E-state index contributed by atoms with van der Waals surface area (Å²) in [7, 11) is 1.63. The van der Waals surface area contributed by atoms with E-state index in [1.54, 1.807) is 13.2 Å². The molecule has 146 valence electrons. The van der Waals surface area contributed by atoms with Gasteiger partial charge in [-0.2, -0.15) is 9.78 Å². The number of carbonyl (C=O) groups excluding carboxylic acids is 1. The third kappa shape index (κ3) is 3.95. The number of methoxy groups -OCH3 is 1. The van der Waals surface area contributed by atoms with Gasteiger partial charge in [0.2, 0.25) is 0 Å². The van der Waals surface area contributed by atoms with Crippen LogP contribution in [0.25, 0.3) is 5.82 Å². The predicted molar refractivity (Wildman–Crippen MR) is 98.4 cm³/mol. The van der Waals surface area contributed by atoms with Crippen LogP contribution >= 0.6 is 0 Å². The van der Waals surface area contributed by atoms with Crippen LogP contribution in [-0.2, 0) is 0 Å². The molecule has 1 atom stereocenters. The average Bonchev–Trinajstić information content (AvgIpc) is 3.44. The lowest BCUT2D eigenvalue weighted by molar-refractivity contribution is 0.0627. The van der Waals surface area contributed by atoms with Crippen LogP contribution in [-0.4, -0.2) is 68.0 Å². The smallest absolute Gasteiger partial charge is 0.271 e. The number of tetrazole rings is 1. The number of H-pyrrole nitrogens is 1. The maximum atomic E-state index is 12.8. The average molecular weight is 383 g/mol. The molecule has 1 saturated heterocycles. The third-order valence-electron chi connectivity index (χ3n) is 4.71. The van der Waals surface area contributed by atoms with Crippen molar-refractivity contribution < 1.29 is 14.3 Å². The van der Waals surface area contributed by atoms with Crippen LogP contribution in [0.2, 0.25) is 0 Å². The maximum absolute atomic E-state index is 12.8. The molecule has 0 bridgehead atoms. The fraction of sp³-hybridized carbons (Fsp3) is 0.389. The number of likely N-dealkylation sites (tertiary alicyclic amines) is 1. The Balaban J connectivity index is 1.36. The first kappa shape index (κ1) is 18.0. The summed E-state index contributed by atoms with van der Waals surface area (Å²) < 4.78 is 12.5. The van der Waals surface area contributed by atoms with Crippen LogP contribution in [0.3, 0.4) is 0 Å². The summed E-state index contributed by atoms with van der Waals surface area (Å²) in [5.74, 6) is 2.19. The summed E-state index contributed by atoms with van der Waals surface area (Å²) in [6.07, 6.45) is 3.38. The van der Waals surface area contributed by atoms with Crippen molar-refractivity contribution in [3.05, 3.63) is 42.4 Å². The van der Waals surface area contributed by atoms with E-state index in [2.05, 4.69) is 25.7 Å². The van der Waals surface area contributed by atoms with Gasteiger partial charge in [0.05, 0.1) is 13.7 Å². The Bertz CT molecular complexity index is 925. The number of amides is 1. The summed E-state index contributed by atoms with van der Waals surface area (Å²) in [6, 6.07) is 9.18. The van der Waals surface area contributed by atoms with Gasteiger partial charge in [-0.3, -0.25) is 9.89 Å². The highest BCUT2D eigenvalue weighted by atomic mass is 16.5. The molecule has 4 rings (SSSR count). The van der Waals surface area contributed by atoms with E-state index >= 15 is 0 Å². The number of nitrogens with one attached hydrogen (secondary N) is 1. The molecule has 1 amide bonds. The minimum Gasteiger partial charge on any atom is -0.497 e. The van der Waals surface area contributed by atoms with Gasteiger partial charge in [-0.05, 0) is 35.4 Å². The van der Waals surface area contributed by atoms with Gasteiger partial charge in [-0.1, -0.05) is 6.07 Å². The van der Waals surface area contributed by atoms with Gasteiger partial charge in [0.1, 0.15) is 23.5 Å². The summed E-state index contributed by atoms with van der Waals surface area (Å²) >= 11 is 0. The minimum atomic E-state index is -0.0853. The van der Waals surface area contributed by atoms with E-state index in [0.717, 1.165) is 24.3 Å². The zero-order valence-corrected chi connectivity index (χ0v) is 15.5. The van der Waals surface area contributed by atoms with Crippen molar-refractivity contribution in [1.82, 2.24) is 35.3 Å². The Labute approximate surface area is 161 Å². The van der Waals surface area contributed by atoms with Crippen LogP contribution in [0.4, 0.5) is 0 Å². The van der Waals surface area contributed by atoms with Gasteiger partial charge in [0, 0.05) is 31.1 Å². The highest BCUT2D eigenvalue weighted by Crippen LogP contribution is 2.23. The van der Waals surface area contributed by atoms with E-state index in [1.807, 2.05) is 29.2 Å². The third-order valence-corrected chi connectivity index (χ3v) is 4.71. The van der Waals surface area contributed by atoms with Gasteiger partial charge in [0.25, 0.3) is 5.91 Å². The second-order valence-electron chi connectivity index (χ2n) is 6.64. The number of ether oxygens (including phenoxy) is 2. The first-order chi connectivity index (χ1) is 13.7. The number of piperidine rings is 1. The lowest BCUT2D eigenvalue weighted by Crippen LogP contribution is -2.41. The van der Waals surface area contributed by atoms with Crippen molar-refractivity contribution >= 4 is 5.91 Å². The molecule has 3 aromatic rings. The molecule has 1 N–H and O–H groups in total. The number of nitrogens with zero attached hydrogens (tertiary/aromatic N) is 6. The quantitative estimate of drug-likeness (QED) is 0.683. The number of benzene rings is 1. The monoisotopic (exact) mass is 383 g/mol. The summed E-state index contributed by atoms with van der Waals surface area (Å²) in [6.45, 7) is 1.91. The Morgan fingerprint density at radius 1 is 1.32 bits per heavy atom. The summed E-state index contributed by atoms with van der Waals surface area (Å²) in [5.41, 5.74) is 0.417. The van der Waals surface area contributed by atoms with Gasteiger partial charge in [-0.15, -0.1) is 5.10 Å². The molecule has 0 spiro atoms. The number of aromatic amines is 1. The fourth-order valence-corrected chi connectivity index (χ4v) is 3.27. The Hall–Kier alpha value is -3.43. The van der Waals surface area contributed by atoms with E-state index in [1.165, 1.54) is 11.0 Å². The lowest BCUT2D eigenvalue weighted by atomic mass is 9.98. The van der Waals surface area contributed by atoms with E-state index in [9.17, 15) is 4.79 Å². The Morgan fingerprint density at radius 3 is 3.04 bits per heavy atom. The van der Waals surface area contributed by atoms with E-state index < -0.39 is 0 Å². The van der Waals surface area contributed by atoms with E-state index in [-0.39, 0.29) is 11.8 Å². The van der Waals surface area contributed by atoms with Crippen molar-refractivity contribution in [2.75, 3.05) is 26.8 Å². The molecular formula is C18H21N7O3. The normalized spacial score (nSPS) is 16.8. The van der Waals surface area contributed by atoms with Crippen molar-refractivity contribution in [2.24, 2.45) is 5.92 Å². The molecule has 28 heavy (non-hydrogen) atoms. The van der Waals surface area contributed by atoms with Crippen molar-refractivity contribution in [2.45, 2.75) is 12.8 Å². The van der Waals surface area contributed by atoms with Crippen molar-refractivity contribution in [3.63, 3.8) is 0 Å². The van der Waals surface area contributed by atoms with E-state index in [4.69, 9.17) is 9.47 Å². The fourth-order valence-electron chi connectivity index (χ4n) is 3.27. The Morgan fingerprint density at radius 2 is 2.21 bits per heavy atom. The number of rotatable bonds is 6. The summed E-state index contributed by atoms with van der Waals surface area (Å²) in [4.78, 5) is 14.7. The highest BCUT2D eigenvalue weighted by Gasteiger charge is 2.26. The molecule has 10 heteroatoms. The molecule has 1 fully saturated rings. The first-order valence-corrected chi connectivity index (χ1v) is 9.08. The van der Waals surface area contributed by atoms with Gasteiger partial charge in [0.15, 0.2) is 5.82 Å².